The second kappa shape index (κ2) is 6.95. The number of nitrogens with two attached hydrogens (primary N) is 1. The van der Waals surface area contributed by atoms with Gasteiger partial charge in [-0.3, -0.25) is 0 Å². The average molecular weight is 255 g/mol. The predicted octanol–water partition coefficient (Wildman–Crippen LogP) is 4.28. The van der Waals surface area contributed by atoms with Crippen LogP contribution in [-0.2, 0) is 13.0 Å². The van der Waals surface area contributed by atoms with Crippen molar-refractivity contribution in [1.82, 2.24) is 0 Å². The zero-order chi connectivity index (χ0) is 13.5. The van der Waals surface area contributed by atoms with Crippen LogP contribution >= 0.6 is 0 Å². The van der Waals surface area contributed by atoms with E-state index in [1.165, 1.54) is 18.4 Å². The lowest BCUT2D eigenvalue weighted by atomic mass is 10.1. The molecular weight excluding hydrogens is 234 g/mol. The van der Waals surface area contributed by atoms with E-state index in [2.05, 4.69) is 19.1 Å². The molecule has 0 unspecified atom stereocenters. The first-order chi connectivity index (χ1) is 9.33. The number of aryl methyl sites for hydroxylation is 1. The van der Waals surface area contributed by atoms with Crippen molar-refractivity contribution in [3.8, 4) is 11.5 Å². The van der Waals surface area contributed by atoms with Crippen LogP contribution in [0.4, 0.5) is 0 Å². The lowest BCUT2D eigenvalue weighted by Gasteiger charge is -2.10. The van der Waals surface area contributed by atoms with Gasteiger partial charge >= 0.3 is 0 Å². The van der Waals surface area contributed by atoms with E-state index in [-0.39, 0.29) is 0 Å². The van der Waals surface area contributed by atoms with E-state index in [0.29, 0.717) is 6.54 Å². The number of rotatable bonds is 6. The highest BCUT2D eigenvalue weighted by Gasteiger charge is 2.02. The standard InChI is InChI=1S/C17H21NO/c1-2-3-6-14-9-11-16(12-10-14)19-17-8-5-4-7-15(17)13-18/h4-5,7-12H,2-3,6,13,18H2,1H3. The fraction of sp³-hybridized carbons (Fsp3) is 0.294. The molecule has 0 saturated carbocycles. The topological polar surface area (TPSA) is 35.2 Å². The van der Waals surface area contributed by atoms with Gasteiger partial charge in [-0.2, -0.15) is 0 Å². The van der Waals surface area contributed by atoms with Crippen molar-refractivity contribution in [1.29, 1.82) is 0 Å². The maximum absolute atomic E-state index is 5.88. The summed E-state index contributed by atoms with van der Waals surface area (Å²) in [6.45, 7) is 2.70. The minimum Gasteiger partial charge on any atom is -0.457 e. The summed E-state index contributed by atoms with van der Waals surface area (Å²) in [5, 5.41) is 0. The Morgan fingerprint density at radius 3 is 2.42 bits per heavy atom. The monoisotopic (exact) mass is 255 g/mol. The molecule has 19 heavy (non-hydrogen) atoms. The molecule has 0 aliphatic rings. The molecule has 100 valence electrons. The number of ether oxygens (including phenoxy) is 1. The Bertz CT molecular complexity index is 505. The average Bonchev–Trinajstić information content (AvgIpc) is 2.47. The summed E-state index contributed by atoms with van der Waals surface area (Å²) in [4.78, 5) is 0. The maximum Gasteiger partial charge on any atom is 0.131 e. The minimum atomic E-state index is 0.491. The number of benzene rings is 2. The number of hydrogen-bond acceptors (Lipinski definition) is 2. The zero-order valence-corrected chi connectivity index (χ0v) is 11.4. The Hall–Kier alpha value is -1.80. The van der Waals surface area contributed by atoms with Crippen molar-refractivity contribution >= 4 is 0 Å². The van der Waals surface area contributed by atoms with E-state index < -0.39 is 0 Å². The van der Waals surface area contributed by atoms with Crippen molar-refractivity contribution in [2.45, 2.75) is 32.7 Å². The Morgan fingerprint density at radius 2 is 1.74 bits per heavy atom. The minimum absolute atomic E-state index is 0.491. The zero-order valence-electron chi connectivity index (χ0n) is 11.4. The Labute approximate surface area is 115 Å². The molecule has 0 atom stereocenters. The summed E-state index contributed by atoms with van der Waals surface area (Å²) in [7, 11) is 0. The van der Waals surface area contributed by atoms with Gasteiger partial charge in [0.25, 0.3) is 0 Å². The third-order valence-electron chi connectivity index (χ3n) is 3.16. The third-order valence-corrected chi connectivity index (χ3v) is 3.16. The van der Waals surface area contributed by atoms with Crippen LogP contribution in [0.15, 0.2) is 48.5 Å². The second-order valence-corrected chi connectivity index (χ2v) is 4.66. The van der Waals surface area contributed by atoms with Crippen LogP contribution in [0.1, 0.15) is 30.9 Å². The SMILES string of the molecule is CCCCc1ccc(Oc2ccccc2CN)cc1. The molecule has 0 aromatic heterocycles. The molecule has 0 aliphatic carbocycles. The fourth-order valence-electron chi connectivity index (χ4n) is 2.00. The van der Waals surface area contributed by atoms with Crippen LogP contribution in [-0.4, -0.2) is 0 Å². The quantitative estimate of drug-likeness (QED) is 0.836. The van der Waals surface area contributed by atoms with Gasteiger partial charge in [-0.05, 0) is 36.6 Å². The molecule has 2 nitrogen and oxygen atoms in total. The fourth-order valence-corrected chi connectivity index (χ4v) is 2.00. The van der Waals surface area contributed by atoms with E-state index >= 15 is 0 Å². The first-order valence-electron chi connectivity index (χ1n) is 6.88. The molecule has 0 fully saturated rings. The summed E-state index contributed by atoms with van der Waals surface area (Å²) >= 11 is 0. The normalized spacial score (nSPS) is 10.4. The van der Waals surface area contributed by atoms with Crippen LogP contribution in [0.2, 0.25) is 0 Å². The Kier molecular flexibility index (Phi) is 4.99. The molecule has 0 bridgehead atoms. The van der Waals surface area contributed by atoms with E-state index in [1.807, 2.05) is 36.4 Å². The van der Waals surface area contributed by atoms with E-state index in [0.717, 1.165) is 23.5 Å². The molecule has 2 heteroatoms. The predicted molar refractivity (Wildman–Crippen MR) is 79.5 cm³/mol. The molecule has 2 N–H and O–H groups in total. The van der Waals surface area contributed by atoms with Gasteiger partial charge in [-0.1, -0.05) is 43.7 Å². The van der Waals surface area contributed by atoms with Gasteiger partial charge in [0, 0.05) is 12.1 Å². The third kappa shape index (κ3) is 3.83. The first-order valence-corrected chi connectivity index (χ1v) is 6.88. The summed E-state index contributed by atoms with van der Waals surface area (Å²) in [5.74, 6) is 1.70. The van der Waals surface area contributed by atoms with Crippen LogP contribution in [0.25, 0.3) is 0 Å². The number of para-hydroxylation sites is 1. The van der Waals surface area contributed by atoms with Crippen LogP contribution in [0.5, 0.6) is 11.5 Å². The highest BCUT2D eigenvalue weighted by molar-refractivity contribution is 5.38. The van der Waals surface area contributed by atoms with E-state index in [9.17, 15) is 0 Å². The van der Waals surface area contributed by atoms with Crippen LogP contribution < -0.4 is 10.5 Å². The van der Waals surface area contributed by atoms with Crippen LogP contribution in [0.3, 0.4) is 0 Å². The Morgan fingerprint density at radius 1 is 1.00 bits per heavy atom. The molecule has 2 rings (SSSR count). The molecule has 0 spiro atoms. The molecule has 0 radical (unpaired) electrons. The van der Waals surface area contributed by atoms with Crippen molar-refractivity contribution in [3.63, 3.8) is 0 Å². The highest BCUT2D eigenvalue weighted by Crippen LogP contribution is 2.25. The molecular formula is C17H21NO. The lowest BCUT2D eigenvalue weighted by molar-refractivity contribution is 0.476. The molecule has 0 amide bonds. The van der Waals surface area contributed by atoms with Gasteiger partial charge in [0.15, 0.2) is 0 Å². The molecule has 0 aliphatic heterocycles. The molecule has 2 aromatic rings. The first kappa shape index (κ1) is 13.6. The van der Waals surface area contributed by atoms with Gasteiger partial charge in [0.2, 0.25) is 0 Å². The Balaban J connectivity index is 2.06. The van der Waals surface area contributed by atoms with Crippen molar-refractivity contribution in [3.05, 3.63) is 59.7 Å². The summed E-state index contributed by atoms with van der Waals surface area (Å²) in [5.41, 5.74) is 8.09. The second-order valence-electron chi connectivity index (χ2n) is 4.66. The van der Waals surface area contributed by atoms with Gasteiger partial charge < -0.3 is 10.5 Å². The largest absolute Gasteiger partial charge is 0.457 e. The molecule has 0 saturated heterocycles. The van der Waals surface area contributed by atoms with Gasteiger partial charge in [-0.15, -0.1) is 0 Å². The van der Waals surface area contributed by atoms with Gasteiger partial charge in [0.1, 0.15) is 11.5 Å². The summed E-state index contributed by atoms with van der Waals surface area (Å²) in [6, 6.07) is 16.2. The summed E-state index contributed by atoms with van der Waals surface area (Å²) in [6.07, 6.45) is 3.59. The number of unbranched alkanes of at least 4 members (excludes halogenated alkanes) is 1. The number of hydrogen-bond donors (Lipinski definition) is 1. The van der Waals surface area contributed by atoms with Crippen molar-refractivity contribution in [2.24, 2.45) is 5.73 Å². The van der Waals surface area contributed by atoms with Crippen molar-refractivity contribution < 1.29 is 4.74 Å². The smallest absolute Gasteiger partial charge is 0.131 e. The molecule has 2 aromatic carbocycles. The van der Waals surface area contributed by atoms with Crippen LogP contribution in [0, 0.1) is 0 Å². The van der Waals surface area contributed by atoms with E-state index in [1.54, 1.807) is 0 Å². The van der Waals surface area contributed by atoms with Crippen molar-refractivity contribution in [2.75, 3.05) is 0 Å². The molecule has 0 heterocycles. The summed E-state index contributed by atoms with van der Waals surface area (Å²) < 4.78 is 5.88. The van der Waals surface area contributed by atoms with Gasteiger partial charge in [0.05, 0.1) is 0 Å². The highest BCUT2D eigenvalue weighted by atomic mass is 16.5. The lowest BCUT2D eigenvalue weighted by Crippen LogP contribution is -1.99. The maximum atomic E-state index is 5.88. The van der Waals surface area contributed by atoms with Gasteiger partial charge in [-0.25, -0.2) is 0 Å². The van der Waals surface area contributed by atoms with E-state index in [4.69, 9.17) is 10.5 Å².